The third-order valence-corrected chi connectivity index (χ3v) is 4.77. The van der Waals surface area contributed by atoms with E-state index in [1.54, 1.807) is 11.0 Å². The van der Waals surface area contributed by atoms with Crippen LogP contribution in [0.4, 0.5) is 16.2 Å². The summed E-state index contributed by atoms with van der Waals surface area (Å²) in [5.74, 6) is 0.791. The lowest BCUT2D eigenvalue weighted by atomic mass is 10.2. The second-order valence-electron chi connectivity index (χ2n) is 5.96. The Morgan fingerprint density at radius 2 is 1.77 bits per heavy atom. The second kappa shape index (κ2) is 8.52. The number of urea groups is 1. The van der Waals surface area contributed by atoms with Crippen LogP contribution >= 0.6 is 23.2 Å². The number of ether oxygens (including phenoxy) is 1. The third-order valence-electron chi connectivity index (χ3n) is 4.23. The third kappa shape index (κ3) is 4.54. The number of piperazine rings is 1. The summed E-state index contributed by atoms with van der Waals surface area (Å²) < 4.78 is 5.41. The maximum Gasteiger partial charge on any atom is 0.321 e. The first-order valence-electron chi connectivity index (χ1n) is 8.55. The molecule has 1 aliphatic rings. The Balaban J connectivity index is 1.54. The summed E-state index contributed by atoms with van der Waals surface area (Å²) in [5, 5.41) is 4.17. The highest BCUT2D eigenvalue weighted by atomic mass is 35.5. The minimum absolute atomic E-state index is 0.101. The lowest BCUT2D eigenvalue weighted by Gasteiger charge is -2.36. The molecule has 1 saturated heterocycles. The molecule has 0 bridgehead atoms. The van der Waals surface area contributed by atoms with Crippen molar-refractivity contribution >= 4 is 40.6 Å². The fourth-order valence-corrected chi connectivity index (χ4v) is 3.42. The van der Waals surface area contributed by atoms with E-state index < -0.39 is 0 Å². The van der Waals surface area contributed by atoms with Crippen molar-refractivity contribution in [2.45, 2.75) is 6.92 Å². The molecular weight excluding hydrogens is 373 g/mol. The van der Waals surface area contributed by atoms with E-state index in [-0.39, 0.29) is 6.03 Å². The Bertz CT molecular complexity index is 760. The number of halogens is 2. The number of benzene rings is 2. The van der Waals surface area contributed by atoms with Crippen LogP contribution in [0.3, 0.4) is 0 Å². The predicted molar refractivity (Wildman–Crippen MR) is 107 cm³/mol. The van der Waals surface area contributed by atoms with Gasteiger partial charge in [-0.25, -0.2) is 4.79 Å². The van der Waals surface area contributed by atoms with Gasteiger partial charge in [0.15, 0.2) is 0 Å². The average Bonchev–Trinajstić information content (AvgIpc) is 2.64. The van der Waals surface area contributed by atoms with E-state index in [0.717, 1.165) is 30.2 Å². The van der Waals surface area contributed by atoms with Crippen LogP contribution < -0.4 is 15.0 Å². The molecule has 138 valence electrons. The zero-order valence-electron chi connectivity index (χ0n) is 14.5. The number of carbonyl (C=O) groups excluding carboxylic acids is 1. The van der Waals surface area contributed by atoms with E-state index >= 15 is 0 Å². The van der Waals surface area contributed by atoms with Crippen LogP contribution in [0.1, 0.15) is 6.92 Å². The van der Waals surface area contributed by atoms with Crippen LogP contribution in [-0.4, -0.2) is 43.7 Å². The van der Waals surface area contributed by atoms with Crippen LogP contribution in [0.5, 0.6) is 5.75 Å². The zero-order chi connectivity index (χ0) is 18.5. The van der Waals surface area contributed by atoms with E-state index in [2.05, 4.69) is 10.2 Å². The second-order valence-corrected chi connectivity index (χ2v) is 6.80. The van der Waals surface area contributed by atoms with Crippen molar-refractivity contribution in [1.82, 2.24) is 4.90 Å². The van der Waals surface area contributed by atoms with Gasteiger partial charge in [-0.2, -0.15) is 0 Å². The highest BCUT2D eigenvalue weighted by Crippen LogP contribution is 2.29. The molecule has 5 nitrogen and oxygen atoms in total. The topological polar surface area (TPSA) is 44.8 Å². The Kier molecular flexibility index (Phi) is 6.12. The van der Waals surface area contributed by atoms with Gasteiger partial charge in [-0.05, 0) is 49.4 Å². The molecule has 0 saturated carbocycles. The number of anilines is 2. The molecule has 1 heterocycles. The molecule has 2 aromatic rings. The van der Waals surface area contributed by atoms with Crippen LogP contribution in [0, 0.1) is 0 Å². The van der Waals surface area contributed by atoms with Gasteiger partial charge >= 0.3 is 6.03 Å². The van der Waals surface area contributed by atoms with Gasteiger partial charge < -0.3 is 19.9 Å². The maximum atomic E-state index is 12.5. The summed E-state index contributed by atoms with van der Waals surface area (Å²) in [7, 11) is 0. The van der Waals surface area contributed by atoms with Crippen molar-refractivity contribution < 1.29 is 9.53 Å². The Hall–Kier alpha value is -2.11. The van der Waals surface area contributed by atoms with Gasteiger partial charge in [0.05, 0.1) is 17.3 Å². The highest BCUT2D eigenvalue weighted by Gasteiger charge is 2.22. The molecule has 0 radical (unpaired) electrons. The molecule has 7 heteroatoms. The first kappa shape index (κ1) is 18.7. The molecule has 1 N–H and O–H groups in total. The normalized spacial score (nSPS) is 14.3. The minimum atomic E-state index is -0.101. The molecule has 26 heavy (non-hydrogen) atoms. The van der Waals surface area contributed by atoms with Gasteiger partial charge in [-0.1, -0.05) is 23.2 Å². The van der Waals surface area contributed by atoms with Crippen LogP contribution in [0.25, 0.3) is 0 Å². The number of amides is 2. The fourth-order valence-electron chi connectivity index (χ4n) is 2.89. The number of nitrogens with one attached hydrogen (secondary N) is 1. The van der Waals surface area contributed by atoms with Crippen molar-refractivity contribution in [3.05, 3.63) is 52.5 Å². The van der Waals surface area contributed by atoms with Crippen LogP contribution in [-0.2, 0) is 0 Å². The molecule has 0 aromatic heterocycles. The number of nitrogens with zero attached hydrogens (tertiary/aromatic N) is 2. The molecule has 3 rings (SSSR count). The van der Waals surface area contributed by atoms with E-state index in [1.807, 2.05) is 43.3 Å². The molecule has 0 aliphatic carbocycles. The molecular formula is C19H21Cl2N3O2. The predicted octanol–water partition coefficient (Wildman–Crippen LogP) is 4.75. The van der Waals surface area contributed by atoms with E-state index in [1.165, 1.54) is 0 Å². The Morgan fingerprint density at radius 1 is 1.08 bits per heavy atom. The highest BCUT2D eigenvalue weighted by molar-refractivity contribution is 6.36. The smallest absolute Gasteiger partial charge is 0.321 e. The largest absolute Gasteiger partial charge is 0.494 e. The van der Waals surface area contributed by atoms with E-state index in [9.17, 15) is 4.79 Å². The Morgan fingerprint density at radius 3 is 2.38 bits per heavy atom. The lowest BCUT2D eigenvalue weighted by Crippen LogP contribution is -2.50. The van der Waals surface area contributed by atoms with Crippen molar-refractivity contribution in [1.29, 1.82) is 0 Å². The fraction of sp³-hybridized carbons (Fsp3) is 0.316. The number of rotatable bonds is 4. The van der Waals surface area contributed by atoms with Gasteiger partial charge in [0, 0.05) is 36.9 Å². The number of hydrogen-bond acceptors (Lipinski definition) is 3. The van der Waals surface area contributed by atoms with Crippen LogP contribution in [0.15, 0.2) is 42.5 Å². The Labute approximate surface area is 163 Å². The van der Waals surface area contributed by atoms with Gasteiger partial charge in [0.25, 0.3) is 0 Å². The SMILES string of the molecule is CCOc1ccc(NC(=O)N2CCN(c3ccc(Cl)cc3Cl)CC2)cc1. The summed E-state index contributed by atoms with van der Waals surface area (Å²) in [6.07, 6.45) is 0. The summed E-state index contributed by atoms with van der Waals surface area (Å²) in [5.41, 5.74) is 1.70. The summed E-state index contributed by atoms with van der Waals surface area (Å²) >= 11 is 12.2. The zero-order valence-corrected chi connectivity index (χ0v) is 16.1. The van der Waals surface area contributed by atoms with Crippen LogP contribution in [0.2, 0.25) is 10.0 Å². The molecule has 2 amide bonds. The molecule has 1 aliphatic heterocycles. The maximum absolute atomic E-state index is 12.5. The molecule has 1 fully saturated rings. The minimum Gasteiger partial charge on any atom is -0.494 e. The lowest BCUT2D eigenvalue weighted by molar-refractivity contribution is 0.208. The summed E-state index contributed by atoms with van der Waals surface area (Å²) in [6.45, 7) is 5.25. The van der Waals surface area contributed by atoms with Gasteiger partial charge in [-0.15, -0.1) is 0 Å². The van der Waals surface area contributed by atoms with Gasteiger partial charge in [0.1, 0.15) is 5.75 Å². The van der Waals surface area contributed by atoms with Gasteiger partial charge in [-0.3, -0.25) is 0 Å². The van der Waals surface area contributed by atoms with Crippen molar-refractivity contribution in [2.75, 3.05) is 43.0 Å². The van der Waals surface area contributed by atoms with Gasteiger partial charge in [0.2, 0.25) is 0 Å². The summed E-state index contributed by atoms with van der Waals surface area (Å²) in [6, 6.07) is 12.8. The first-order valence-corrected chi connectivity index (χ1v) is 9.31. The molecule has 0 spiro atoms. The van der Waals surface area contributed by atoms with Crippen molar-refractivity contribution in [3.8, 4) is 5.75 Å². The van der Waals surface area contributed by atoms with E-state index in [0.29, 0.717) is 29.7 Å². The average molecular weight is 394 g/mol. The summed E-state index contributed by atoms with van der Waals surface area (Å²) in [4.78, 5) is 16.4. The van der Waals surface area contributed by atoms with E-state index in [4.69, 9.17) is 27.9 Å². The standard InChI is InChI=1S/C19H21Cl2N3O2/c1-2-26-16-6-4-15(5-7-16)22-19(25)24-11-9-23(10-12-24)18-8-3-14(20)13-17(18)21/h3-8,13H,2,9-12H2,1H3,(H,22,25). The molecule has 2 aromatic carbocycles. The first-order chi connectivity index (χ1) is 12.6. The molecule has 0 unspecified atom stereocenters. The monoisotopic (exact) mass is 393 g/mol. The number of hydrogen-bond donors (Lipinski definition) is 1. The quantitative estimate of drug-likeness (QED) is 0.814. The molecule has 0 atom stereocenters. The van der Waals surface area contributed by atoms with Crippen molar-refractivity contribution in [2.24, 2.45) is 0 Å². The number of carbonyl (C=O) groups is 1. The van der Waals surface area contributed by atoms with Crippen molar-refractivity contribution in [3.63, 3.8) is 0 Å².